The third-order valence-corrected chi connectivity index (χ3v) is 15.0. The van der Waals surface area contributed by atoms with Crippen LogP contribution in [-0.2, 0) is 80.6 Å². The Morgan fingerprint density at radius 1 is 0.478 bits per heavy atom. The van der Waals surface area contributed by atoms with Crippen molar-refractivity contribution in [3.63, 3.8) is 0 Å². The number of hydrogen-bond donors (Lipinski definition) is 3. The summed E-state index contributed by atoms with van der Waals surface area (Å²) < 4.78 is 81.3. The maximum atomic E-state index is 12.9. The molecule has 7 rings (SSSR count). The lowest BCUT2D eigenvalue weighted by Crippen LogP contribution is -2.57. The number of nitrogens with zero attached hydrogens (tertiary/aromatic N) is 21. The fourth-order valence-electron chi connectivity index (χ4n) is 10.2. The van der Waals surface area contributed by atoms with Gasteiger partial charge in [0.25, 0.3) is 5.95 Å². The van der Waals surface area contributed by atoms with Crippen LogP contribution in [0.25, 0.3) is 0 Å². The molecule has 46 heteroatoms. The highest BCUT2D eigenvalue weighted by Gasteiger charge is 2.58. The normalized spacial score (nSPS) is 15.7. The lowest BCUT2D eigenvalue weighted by atomic mass is 10.3. The minimum absolute atomic E-state index is 0. The molecule has 5 aliphatic rings. The van der Waals surface area contributed by atoms with Crippen LogP contribution in [0, 0.1) is 48.1 Å². The van der Waals surface area contributed by atoms with Gasteiger partial charge in [-0.2, -0.15) is 29.9 Å². The molecule has 0 aromatic carbocycles. The molecular weight excluding hydrogens is 1490 g/mol. The van der Waals surface area contributed by atoms with Gasteiger partial charge in [0.05, 0.1) is 33.5 Å². The number of hydroxylamine groups is 1. The number of ether oxygens (including phenoxy) is 16. The topological polar surface area (TPSA) is 412 Å². The molecule has 2 aromatic heterocycles. The van der Waals surface area contributed by atoms with E-state index >= 15 is 0 Å². The number of hydrogen-bond acceptors (Lipinski definition) is 36. The van der Waals surface area contributed by atoms with Crippen LogP contribution in [0.5, 0.6) is 0 Å². The van der Waals surface area contributed by atoms with E-state index in [0.717, 1.165) is 32.4 Å². The molecule has 113 heavy (non-hydrogen) atoms. The molecular formula is C67H125N23O23. The minimum Gasteiger partial charge on any atom is -0.461 e. The van der Waals surface area contributed by atoms with Crippen molar-refractivity contribution in [1.29, 1.82) is 0 Å². The highest BCUT2D eigenvalue weighted by atomic mass is 16.7. The summed E-state index contributed by atoms with van der Waals surface area (Å²) in [5, 5.41) is 15.7. The molecule has 5 aliphatic heterocycles. The van der Waals surface area contributed by atoms with E-state index in [-0.39, 0.29) is 123 Å². The third-order valence-electron chi connectivity index (χ3n) is 15.0. The second kappa shape index (κ2) is 59.2. The number of unbranched alkanes of at least 4 members (excludes halogenated alkanes) is 1. The van der Waals surface area contributed by atoms with Crippen LogP contribution >= 0.6 is 0 Å². The number of anilines is 6. The van der Waals surface area contributed by atoms with Gasteiger partial charge >= 0.3 is 30.2 Å². The molecule has 0 saturated carbocycles. The first kappa shape index (κ1) is 99.6. The molecule has 3 N–H and O–H groups in total. The molecule has 0 radical (unpaired) electrons. The van der Waals surface area contributed by atoms with Crippen LogP contribution in [0.4, 0.5) is 59.7 Å². The van der Waals surface area contributed by atoms with Crippen LogP contribution in [0.1, 0.15) is 31.9 Å². The summed E-state index contributed by atoms with van der Waals surface area (Å²) in [7, 11) is 28.8. The number of carbonyl (C=O) groups is 5. The van der Waals surface area contributed by atoms with E-state index in [1.807, 2.05) is 11.9 Å². The maximum absolute atomic E-state index is 12.9. The number of likely N-dealkylation sites (N-methyl/N-ethyl adjacent to an activating group) is 1. The van der Waals surface area contributed by atoms with Gasteiger partial charge in [-0.25, -0.2) is 29.0 Å². The van der Waals surface area contributed by atoms with Crippen molar-refractivity contribution >= 4 is 65.8 Å². The Hall–Kier alpha value is -9.51. The van der Waals surface area contributed by atoms with Crippen molar-refractivity contribution in [2.75, 3.05) is 319 Å². The van der Waals surface area contributed by atoms with Crippen LogP contribution in [-0.4, -0.2) is 420 Å². The van der Waals surface area contributed by atoms with Crippen molar-refractivity contribution in [1.82, 2.24) is 83.8 Å². The quantitative estimate of drug-likeness (QED) is 0.0364. The first-order valence-corrected chi connectivity index (χ1v) is 34.7. The number of aliphatic hydroxyl groups is 1. The number of methoxy groups -OCH3 is 14. The summed E-state index contributed by atoms with van der Waals surface area (Å²) in [6.45, 7) is 9.87. The smallest absolute Gasteiger partial charge is 0.327 e. The zero-order chi connectivity index (χ0) is 83.9. The highest BCUT2D eigenvalue weighted by molar-refractivity contribution is 5.85. The van der Waals surface area contributed by atoms with E-state index in [1.54, 1.807) is 140 Å². The lowest BCUT2D eigenvalue weighted by molar-refractivity contribution is -0.102. The Morgan fingerprint density at radius 3 is 1.27 bits per heavy atom. The number of fused-ring (bicyclic) bond motifs is 1. The van der Waals surface area contributed by atoms with Gasteiger partial charge in [-0.1, -0.05) is 25.2 Å². The van der Waals surface area contributed by atoms with Crippen molar-refractivity contribution in [2.45, 2.75) is 38.5 Å². The monoisotopic (exact) mass is 1620 g/mol. The zero-order valence-electron chi connectivity index (χ0n) is 68.6. The molecule has 2 unspecified atom stereocenters. The van der Waals surface area contributed by atoms with E-state index < -0.39 is 12.3 Å². The van der Waals surface area contributed by atoms with Crippen LogP contribution in [0.3, 0.4) is 0 Å². The number of aromatic nitrogens is 6. The molecule has 0 spiro atoms. The van der Waals surface area contributed by atoms with E-state index in [9.17, 15) is 24.0 Å². The minimum atomic E-state index is -0.565. The number of amides is 10. The van der Waals surface area contributed by atoms with Crippen LogP contribution in [0.15, 0.2) is 0 Å². The standard InChI is InChI=1S/C20H22N4O4.C15H30N6O6.C9H18N6O3.C8H17N3O3.C8H16N2O3.C7H14N2O4.4H2/c1-4-6-9-12-23-18-17(22(20(23)27)13-10-8-11-14-25)21(3)19(26)24(18)16-28-15-7-5-2;1-22-7-19(8-23-2)13-16-14(20(9-24-3)10-25-4)18-15(17-13)21(11-26-5)12-27-6;1-15(18-4)9-13-7(10-5-16-2)12-8(14-9)11-6-17-3;1-9-4-10(6-13-2)8(12)11(5-9)7-14-3;1-12-6-9-4-3-5-10(7-13-2)8(9)11;1-11-3-8-5-13-6-9(4-12-2)7(8)10;;;;/h1,17-18,25H,5,7,12-13,15-16H2,2-3H3;7-12H2,1-6H3;5-6H2,1-4H3,(H2,10,11,12,13,14);4-7H2,1-3H3;3-7H2,1-2H3;3-6H2,1-2H3;4*1H. The molecule has 2 aromatic rings. The number of urea groups is 5. The van der Waals surface area contributed by atoms with Gasteiger partial charge in [-0.3, -0.25) is 58.7 Å². The predicted molar refractivity (Wildman–Crippen MR) is 416 cm³/mol. The summed E-state index contributed by atoms with van der Waals surface area (Å²) in [6.07, 6.45) is 8.58. The van der Waals surface area contributed by atoms with Gasteiger partial charge in [0.1, 0.15) is 121 Å². The maximum Gasteiger partial charge on any atom is 0.327 e. The third kappa shape index (κ3) is 34.4. The molecule has 0 bridgehead atoms. The van der Waals surface area contributed by atoms with Crippen molar-refractivity contribution in [3.8, 4) is 48.1 Å². The second-order valence-electron chi connectivity index (χ2n) is 23.6. The lowest BCUT2D eigenvalue weighted by Gasteiger charge is -2.39. The molecule has 5 saturated heterocycles. The Balaban J connectivity index is -0.00000136. The summed E-state index contributed by atoms with van der Waals surface area (Å²) in [4.78, 5) is 114. The highest BCUT2D eigenvalue weighted by Crippen LogP contribution is 2.34. The van der Waals surface area contributed by atoms with Gasteiger partial charge in [0.15, 0.2) is 12.3 Å². The Kier molecular flexibility index (Phi) is 52.2. The Morgan fingerprint density at radius 2 is 0.876 bits per heavy atom. The molecule has 2 atom stereocenters. The van der Waals surface area contributed by atoms with Crippen LogP contribution < -0.4 is 30.4 Å². The molecule has 10 amide bonds. The molecule has 46 nitrogen and oxygen atoms in total. The summed E-state index contributed by atoms with van der Waals surface area (Å²) in [5.41, 5.74) is 0. The number of nitrogens with one attached hydrogen (secondary N) is 2. The second-order valence-corrected chi connectivity index (χ2v) is 23.6. The van der Waals surface area contributed by atoms with E-state index in [0.29, 0.717) is 96.0 Å². The first-order chi connectivity index (χ1) is 54.7. The van der Waals surface area contributed by atoms with Crippen molar-refractivity contribution in [3.05, 3.63) is 0 Å². The summed E-state index contributed by atoms with van der Waals surface area (Å²) in [6, 6.07) is -0.746. The number of rotatable bonds is 42. The van der Waals surface area contributed by atoms with E-state index in [4.69, 9.17) is 92.2 Å². The molecule has 646 valence electrons. The van der Waals surface area contributed by atoms with E-state index in [2.05, 4.69) is 83.0 Å². The van der Waals surface area contributed by atoms with Gasteiger partial charge in [-0.05, 0) is 37.7 Å². The zero-order valence-corrected chi connectivity index (χ0v) is 68.6. The SMILES string of the molecule is C#CC#CCN1C(=O)N(CC#CC#CO)C2C1N(COCCCC)C(=O)N2C.COCN(COC)c1nc(N(COC)COC)nc(N(COC)COC)n1.COCN1CCCN(COC)C1=O.COCN1CN(C)CN(COC)C1=O.COCN1COCN(COC)C1=O.COCNc1nc(NCOC)nc(N(C)OC)n1.[HH].[HH].[HH].[HH]. The number of terminal acetylenes is 1. The number of aliphatic hydroxyl groups excluding tert-OH is 1. The summed E-state index contributed by atoms with van der Waals surface area (Å²) in [5.74, 6) is 17.0. The molecule has 5 fully saturated rings. The van der Waals surface area contributed by atoms with E-state index in [1.165, 1.54) is 55.8 Å². The number of carbonyl (C=O) groups excluding carboxylic acids is 5. The molecule has 7 heterocycles. The fourth-order valence-corrected chi connectivity index (χ4v) is 10.2. The Bertz CT molecular complexity index is 3080. The van der Waals surface area contributed by atoms with Crippen LogP contribution in [0.2, 0.25) is 0 Å². The average molecular weight is 1620 g/mol. The Labute approximate surface area is 668 Å². The van der Waals surface area contributed by atoms with Crippen molar-refractivity contribution < 1.29 is 115 Å². The van der Waals surface area contributed by atoms with Gasteiger partial charge < -0.3 is 106 Å². The van der Waals surface area contributed by atoms with Gasteiger partial charge in [0, 0.05) is 145 Å². The molecule has 0 aliphatic carbocycles. The van der Waals surface area contributed by atoms with Gasteiger partial charge in [0.2, 0.25) is 29.7 Å². The van der Waals surface area contributed by atoms with Gasteiger partial charge in [-0.15, -0.1) is 6.42 Å². The summed E-state index contributed by atoms with van der Waals surface area (Å²) >= 11 is 0. The average Bonchev–Trinajstić information content (AvgIpc) is 1.58. The fraction of sp³-hybridized carbons (Fsp3) is 0.716. The van der Waals surface area contributed by atoms with Crippen molar-refractivity contribution in [2.24, 2.45) is 0 Å². The largest absolute Gasteiger partial charge is 0.461 e. The first-order valence-electron chi connectivity index (χ1n) is 34.7. The predicted octanol–water partition coefficient (Wildman–Crippen LogP) is 1.25.